The number of benzene rings is 1. The minimum absolute atomic E-state index is 0.705. The van der Waals surface area contributed by atoms with Gasteiger partial charge in [-0.05, 0) is 37.6 Å². The highest BCUT2D eigenvalue weighted by Gasteiger charge is 2.19. The van der Waals surface area contributed by atoms with Crippen molar-refractivity contribution in [2.45, 2.75) is 26.3 Å². The largest absolute Gasteiger partial charge is 0.369 e. The third kappa shape index (κ3) is 3.67. The summed E-state index contributed by atoms with van der Waals surface area (Å²) in [6.07, 6.45) is 1.23. The molecule has 104 valence electrons. The minimum atomic E-state index is 0.705. The zero-order chi connectivity index (χ0) is 13.7. The highest BCUT2D eigenvalue weighted by Crippen LogP contribution is 2.20. The molecule has 0 aliphatic carbocycles. The van der Waals surface area contributed by atoms with Crippen molar-refractivity contribution in [1.29, 1.82) is 0 Å². The van der Waals surface area contributed by atoms with Crippen LogP contribution in [-0.2, 0) is 0 Å². The van der Waals surface area contributed by atoms with Gasteiger partial charge in [0.2, 0.25) is 0 Å². The molecule has 3 nitrogen and oxygen atoms in total. The normalized spacial score (nSPS) is 18.1. The van der Waals surface area contributed by atoms with Crippen LogP contribution in [0.5, 0.6) is 0 Å². The number of nitrogens with one attached hydrogen (secondary N) is 1. The smallest absolute Gasteiger partial charge is 0.0658 e. The third-order valence-corrected chi connectivity index (χ3v) is 4.10. The Morgan fingerprint density at radius 2 is 1.84 bits per heavy atom. The molecule has 1 heterocycles. The lowest BCUT2D eigenvalue weighted by molar-refractivity contribution is 0.193. The van der Waals surface area contributed by atoms with Gasteiger partial charge in [0.05, 0.1) is 5.49 Å². The molecule has 0 bridgehead atoms. The molecule has 0 spiro atoms. The SMILES string of the molecule is CCC(C)N1CCN(c2ccc(NC=S)cc2)CC1. The summed E-state index contributed by atoms with van der Waals surface area (Å²) in [6, 6.07) is 9.20. The van der Waals surface area contributed by atoms with Crippen LogP contribution < -0.4 is 10.2 Å². The summed E-state index contributed by atoms with van der Waals surface area (Å²) >= 11 is 4.79. The van der Waals surface area contributed by atoms with Gasteiger partial charge in [0.25, 0.3) is 0 Å². The second-order valence-electron chi connectivity index (χ2n) is 5.09. The predicted molar refractivity (Wildman–Crippen MR) is 87.3 cm³/mol. The maximum absolute atomic E-state index is 4.79. The van der Waals surface area contributed by atoms with Gasteiger partial charge < -0.3 is 10.2 Å². The van der Waals surface area contributed by atoms with Gasteiger partial charge in [-0.15, -0.1) is 0 Å². The standard InChI is InChI=1S/C15H23N3S/c1-3-13(2)17-8-10-18(11-9-17)15-6-4-14(5-7-15)16-12-19/h4-7,12-13H,3,8-11H2,1-2H3,(H,16,19). The van der Waals surface area contributed by atoms with E-state index in [0.717, 1.165) is 31.9 Å². The molecule has 0 saturated carbocycles. The second kappa shape index (κ2) is 6.87. The maximum atomic E-state index is 4.79. The summed E-state index contributed by atoms with van der Waals surface area (Å²) < 4.78 is 0. The van der Waals surface area contributed by atoms with Gasteiger partial charge in [0.1, 0.15) is 0 Å². The van der Waals surface area contributed by atoms with E-state index in [1.165, 1.54) is 12.1 Å². The first kappa shape index (κ1) is 14.3. The molecule has 1 N–H and O–H groups in total. The van der Waals surface area contributed by atoms with E-state index in [4.69, 9.17) is 12.2 Å². The van der Waals surface area contributed by atoms with Crippen molar-refractivity contribution < 1.29 is 0 Å². The van der Waals surface area contributed by atoms with E-state index < -0.39 is 0 Å². The van der Waals surface area contributed by atoms with Crippen LogP contribution in [0, 0.1) is 0 Å². The lowest BCUT2D eigenvalue weighted by atomic mass is 10.1. The van der Waals surface area contributed by atoms with Crippen LogP contribution in [0.3, 0.4) is 0 Å². The van der Waals surface area contributed by atoms with Gasteiger partial charge in [0.15, 0.2) is 0 Å². The monoisotopic (exact) mass is 277 g/mol. The molecule has 1 aliphatic heterocycles. The Morgan fingerprint density at radius 1 is 1.21 bits per heavy atom. The molecule has 0 amide bonds. The van der Waals surface area contributed by atoms with Crippen LogP contribution in [0.15, 0.2) is 24.3 Å². The predicted octanol–water partition coefficient (Wildman–Crippen LogP) is 2.98. The second-order valence-corrected chi connectivity index (χ2v) is 5.33. The van der Waals surface area contributed by atoms with Gasteiger partial charge in [-0.1, -0.05) is 19.1 Å². The Bertz CT molecular complexity index is 396. The van der Waals surface area contributed by atoms with Crippen molar-refractivity contribution in [1.82, 2.24) is 4.90 Å². The van der Waals surface area contributed by atoms with Crippen LogP contribution in [-0.4, -0.2) is 42.6 Å². The zero-order valence-electron chi connectivity index (χ0n) is 11.8. The summed E-state index contributed by atoms with van der Waals surface area (Å²) in [4.78, 5) is 5.04. The Morgan fingerprint density at radius 3 is 2.37 bits per heavy atom. The fourth-order valence-electron chi connectivity index (χ4n) is 2.52. The molecule has 1 aliphatic rings. The third-order valence-electron chi connectivity index (χ3n) is 3.99. The number of anilines is 2. The first-order valence-electron chi connectivity index (χ1n) is 7.04. The van der Waals surface area contributed by atoms with E-state index in [2.05, 4.69) is 53.2 Å². The van der Waals surface area contributed by atoms with Gasteiger partial charge in [-0.3, -0.25) is 4.90 Å². The average Bonchev–Trinajstić information content (AvgIpc) is 2.48. The van der Waals surface area contributed by atoms with Gasteiger partial charge >= 0.3 is 0 Å². The quantitative estimate of drug-likeness (QED) is 0.834. The van der Waals surface area contributed by atoms with Crippen molar-refractivity contribution in [3.63, 3.8) is 0 Å². The molecule has 1 saturated heterocycles. The molecule has 1 fully saturated rings. The number of rotatable bonds is 5. The van der Waals surface area contributed by atoms with Crippen molar-refractivity contribution in [3.8, 4) is 0 Å². The molecule has 1 aromatic rings. The van der Waals surface area contributed by atoms with Crippen molar-refractivity contribution in [2.24, 2.45) is 0 Å². The minimum Gasteiger partial charge on any atom is -0.369 e. The van der Waals surface area contributed by atoms with E-state index in [9.17, 15) is 0 Å². The van der Waals surface area contributed by atoms with Gasteiger partial charge in [0, 0.05) is 43.6 Å². The van der Waals surface area contributed by atoms with Crippen LogP contribution >= 0.6 is 12.2 Å². The number of hydrogen-bond donors (Lipinski definition) is 1. The Hall–Kier alpha value is -1.13. The van der Waals surface area contributed by atoms with Crippen molar-refractivity contribution in [2.75, 3.05) is 36.4 Å². The molecule has 0 aromatic heterocycles. The van der Waals surface area contributed by atoms with Crippen LogP contribution in [0.4, 0.5) is 11.4 Å². The lowest BCUT2D eigenvalue weighted by Gasteiger charge is -2.39. The van der Waals surface area contributed by atoms with Crippen molar-refractivity contribution in [3.05, 3.63) is 24.3 Å². The van der Waals surface area contributed by atoms with E-state index in [1.807, 2.05) is 0 Å². The van der Waals surface area contributed by atoms with Gasteiger partial charge in [-0.25, -0.2) is 0 Å². The molecule has 1 atom stereocenters. The summed E-state index contributed by atoms with van der Waals surface area (Å²) in [5, 5.41) is 3.03. The number of hydrogen-bond acceptors (Lipinski definition) is 3. The first-order chi connectivity index (χ1) is 9.24. The fourth-order valence-corrected chi connectivity index (χ4v) is 2.65. The molecular formula is C15H23N3S. The van der Waals surface area contributed by atoms with Crippen LogP contribution in [0.1, 0.15) is 20.3 Å². The Labute approximate surface area is 121 Å². The molecule has 19 heavy (non-hydrogen) atoms. The Balaban J connectivity index is 1.92. The highest BCUT2D eigenvalue weighted by molar-refractivity contribution is 7.79. The summed E-state index contributed by atoms with van der Waals surface area (Å²) in [7, 11) is 0. The zero-order valence-corrected chi connectivity index (χ0v) is 12.6. The van der Waals surface area contributed by atoms with Gasteiger partial charge in [-0.2, -0.15) is 0 Å². The molecule has 0 radical (unpaired) electrons. The van der Waals surface area contributed by atoms with E-state index in [1.54, 1.807) is 5.49 Å². The number of piperazine rings is 1. The highest BCUT2D eigenvalue weighted by atomic mass is 32.1. The average molecular weight is 277 g/mol. The molecule has 2 rings (SSSR count). The van der Waals surface area contributed by atoms with Crippen molar-refractivity contribution >= 4 is 29.1 Å². The molecule has 1 aromatic carbocycles. The van der Waals surface area contributed by atoms with E-state index in [-0.39, 0.29) is 0 Å². The van der Waals surface area contributed by atoms with E-state index in [0.29, 0.717) is 6.04 Å². The number of thiocarbonyl (C=S) groups is 1. The molecule has 1 unspecified atom stereocenters. The van der Waals surface area contributed by atoms with E-state index >= 15 is 0 Å². The number of nitrogens with zero attached hydrogens (tertiary/aromatic N) is 2. The lowest BCUT2D eigenvalue weighted by Crippen LogP contribution is -2.49. The van der Waals surface area contributed by atoms with Crippen LogP contribution in [0.2, 0.25) is 0 Å². The topological polar surface area (TPSA) is 18.5 Å². The maximum Gasteiger partial charge on any atom is 0.0658 e. The fraction of sp³-hybridized carbons (Fsp3) is 0.533. The molecular weight excluding hydrogens is 254 g/mol. The Kier molecular flexibility index (Phi) is 5.16. The summed E-state index contributed by atoms with van der Waals surface area (Å²) in [6.45, 7) is 9.14. The summed E-state index contributed by atoms with van der Waals surface area (Å²) in [5.41, 5.74) is 3.90. The first-order valence-corrected chi connectivity index (χ1v) is 7.51. The molecule has 4 heteroatoms. The van der Waals surface area contributed by atoms with Crippen LogP contribution in [0.25, 0.3) is 0 Å². The summed E-state index contributed by atoms with van der Waals surface area (Å²) in [5.74, 6) is 0.